The smallest absolute Gasteiger partial charge is 0.461 e. The molecule has 0 aliphatic carbocycles. The van der Waals surface area contributed by atoms with E-state index >= 15 is 8.78 Å². The average molecular weight is 734 g/mol. The van der Waals surface area contributed by atoms with E-state index in [1.165, 1.54) is 6.07 Å². The number of rotatable bonds is 8. The molecular formula is C42H41F2N5O5. The first kappa shape index (κ1) is 35.6. The summed E-state index contributed by atoms with van der Waals surface area (Å²) in [5.41, 5.74) is 2.34. The van der Waals surface area contributed by atoms with Gasteiger partial charge in [-0.1, -0.05) is 35.7 Å². The number of carbonyl (C=O) groups is 1. The third-order valence-corrected chi connectivity index (χ3v) is 10.8. The van der Waals surface area contributed by atoms with Gasteiger partial charge in [-0.05, 0) is 88.2 Å². The maximum atomic E-state index is 17.0. The standard InChI is InChI=1S/C42H41F2N5O5/c1-4-6-31-34(43)12-9-28-21-27(3)22-32(35(28)31)37-36(44)38-33(23-45-37)39(48-17-19-51-20-18-48)47-40(46-38)53-25-42-14-5-16-49(42)29(13-15-42)24-52-41(50)54-30-10-7-26(2)8-11-30/h7-12,21-23,29H,5,13-20,24-25H2,1-3H3/t29-,42-/m0/s1. The lowest BCUT2D eigenvalue weighted by Crippen LogP contribution is -2.48. The van der Waals surface area contributed by atoms with Crippen molar-refractivity contribution in [3.63, 3.8) is 0 Å². The zero-order valence-electron chi connectivity index (χ0n) is 30.6. The highest BCUT2D eigenvalue weighted by Crippen LogP contribution is 2.43. The van der Waals surface area contributed by atoms with Crippen molar-refractivity contribution in [1.29, 1.82) is 0 Å². The molecule has 0 spiro atoms. The SMILES string of the molecule is CC#Cc1c(F)ccc2cc(C)cc(-c3ncc4c(N5CCOCC5)nc(OC[C@@]56CCCN5[C@H](COC(=O)Oc5ccc(C)cc5)CC6)nc4c3F)c12. The molecule has 3 aromatic carbocycles. The van der Waals surface area contributed by atoms with Crippen LogP contribution in [0, 0.1) is 37.3 Å². The lowest BCUT2D eigenvalue weighted by atomic mass is 9.94. The lowest BCUT2D eigenvalue weighted by molar-refractivity contribution is 0.0419. The minimum Gasteiger partial charge on any atom is -0.461 e. The summed E-state index contributed by atoms with van der Waals surface area (Å²) in [6, 6.07) is 14.1. The molecule has 2 aromatic heterocycles. The van der Waals surface area contributed by atoms with Gasteiger partial charge in [-0.3, -0.25) is 9.88 Å². The number of hydrogen-bond acceptors (Lipinski definition) is 10. The van der Waals surface area contributed by atoms with Gasteiger partial charge in [0.1, 0.15) is 41.8 Å². The van der Waals surface area contributed by atoms with E-state index in [4.69, 9.17) is 23.9 Å². The maximum absolute atomic E-state index is 17.0. The second kappa shape index (κ2) is 14.8. The second-order valence-electron chi connectivity index (χ2n) is 14.3. The van der Waals surface area contributed by atoms with Gasteiger partial charge in [0, 0.05) is 36.3 Å². The number of halogens is 2. The highest BCUT2D eigenvalue weighted by atomic mass is 19.1. The van der Waals surface area contributed by atoms with Crippen LogP contribution in [-0.2, 0) is 9.47 Å². The van der Waals surface area contributed by atoms with Gasteiger partial charge in [0.25, 0.3) is 0 Å². The molecular weight excluding hydrogens is 692 g/mol. The van der Waals surface area contributed by atoms with Crippen molar-refractivity contribution in [1.82, 2.24) is 19.9 Å². The Labute approximate surface area is 312 Å². The summed E-state index contributed by atoms with van der Waals surface area (Å²) in [5.74, 6) is 5.48. The number of nitrogens with zero attached hydrogens (tertiary/aromatic N) is 5. The van der Waals surface area contributed by atoms with E-state index in [9.17, 15) is 4.79 Å². The van der Waals surface area contributed by atoms with Crippen LogP contribution in [0.15, 0.2) is 54.7 Å². The molecule has 3 aliphatic heterocycles. The monoisotopic (exact) mass is 733 g/mol. The fraction of sp³-hybridized carbons (Fsp3) is 0.381. The number of pyridine rings is 1. The summed E-state index contributed by atoms with van der Waals surface area (Å²) in [6.07, 6.45) is 4.36. The average Bonchev–Trinajstić information content (AvgIpc) is 3.75. The van der Waals surface area contributed by atoms with Crippen LogP contribution in [0.1, 0.15) is 49.3 Å². The molecule has 0 unspecified atom stereocenters. The number of aryl methyl sites for hydroxylation is 2. The van der Waals surface area contributed by atoms with Crippen LogP contribution < -0.4 is 14.4 Å². The minimum absolute atomic E-state index is 0.00505. The molecule has 3 aliphatic rings. The van der Waals surface area contributed by atoms with Gasteiger partial charge in [0.2, 0.25) is 0 Å². The number of anilines is 1. The van der Waals surface area contributed by atoms with E-state index in [1.54, 1.807) is 37.4 Å². The summed E-state index contributed by atoms with van der Waals surface area (Å²) < 4.78 is 55.2. The molecule has 5 heterocycles. The van der Waals surface area contributed by atoms with Crippen LogP contribution in [0.3, 0.4) is 0 Å². The van der Waals surface area contributed by atoms with Gasteiger partial charge < -0.3 is 23.8 Å². The Morgan fingerprint density at radius 1 is 1.02 bits per heavy atom. The molecule has 54 heavy (non-hydrogen) atoms. The zero-order chi connectivity index (χ0) is 37.4. The molecule has 3 fully saturated rings. The third kappa shape index (κ3) is 6.78. The van der Waals surface area contributed by atoms with Gasteiger partial charge in [-0.2, -0.15) is 9.97 Å². The molecule has 278 valence electrons. The van der Waals surface area contributed by atoms with Crippen LogP contribution in [0.5, 0.6) is 11.8 Å². The highest BCUT2D eigenvalue weighted by Gasteiger charge is 2.50. The van der Waals surface area contributed by atoms with Crippen molar-refractivity contribution >= 4 is 33.6 Å². The summed E-state index contributed by atoms with van der Waals surface area (Å²) in [4.78, 5) is 31.0. The van der Waals surface area contributed by atoms with Crippen molar-refractivity contribution in [2.75, 3.05) is 51.0 Å². The topological polar surface area (TPSA) is 99.1 Å². The summed E-state index contributed by atoms with van der Waals surface area (Å²) in [5, 5.41) is 1.66. The fourth-order valence-electron chi connectivity index (χ4n) is 8.20. The minimum atomic E-state index is -0.735. The molecule has 3 saturated heterocycles. The number of aromatic nitrogens is 3. The van der Waals surface area contributed by atoms with E-state index < -0.39 is 17.8 Å². The maximum Gasteiger partial charge on any atom is 0.513 e. The fourth-order valence-corrected chi connectivity index (χ4v) is 8.20. The highest BCUT2D eigenvalue weighted by molar-refractivity contribution is 6.02. The Balaban J connectivity index is 1.10. The number of hydrogen-bond donors (Lipinski definition) is 0. The molecule has 12 heteroatoms. The lowest BCUT2D eigenvalue weighted by Gasteiger charge is -2.34. The molecule has 0 saturated carbocycles. The van der Waals surface area contributed by atoms with Gasteiger partial charge in [-0.15, -0.1) is 5.92 Å². The van der Waals surface area contributed by atoms with Crippen molar-refractivity contribution in [3.8, 4) is 34.9 Å². The molecule has 2 atom stereocenters. The molecule has 8 rings (SSSR count). The zero-order valence-corrected chi connectivity index (χ0v) is 30.6. The summed E-state index contributed by atoms with van der Waals surface area (Å²) in [6.45, 7) is 8.94. The Morgan fingerprint density at radius 2 is 1.83 bits per heavy atom. The predicted molar refractivity (Wildman–Crippen MR) is 201 cm³/mol. The van der Waals surface area contributed by atoms with E-state index in [0.29, 0.717) is 54.2 Å². The third-order valence-electron chi connectivity index (χ3n) is 10.8. The number of benzene rings is 3. The van der Waals surface area contributed by atoms with Gasteiger partial charge in [-0.25, -0.2) is 13.6 Å². The Hall–Kier alpha value is -5.38. The van der Waals surface area contributed by atoms with Crippen molar-refractivity contribution in [2.24, 2.45) is 0 Å². The van der Waals surface area contributed by atoms with Gasteiger partial charge in [0.15, 0.2) is 5.82 Å². The number of ether oxygens (including phenoxy) is 4. The van der Waals surface area contributed by atoms with E-state index in [2.05, 4.69) is 26.7 Å². The summed E-state index contributed by atoms with van der Waals surface area (Å²) in [7, 11) is 0. The van der Waals surface area contributed by atoms with Crippen LogP contribution in [0.4, 0.5) is 19.4 Å². The van der Waals surface area contributed by atoms with Crippen LogP contribution >= 0.6 is 0 Å². The van der Waals surface area contributed by atoms with Crippen LogP contribution in [0.2, 0.25) is 0 Å². The number of fused-ring (bicyclic) bond motifs is 3. The van der Waals surface area contributed by atoms with Crippen molar-refractivity contribution < 1.29 is 32.5 Å². The number of carbonyl (C=O) groups excluding carboxylic acids is 1. The number of morpholine rings is 1. The summed E-state index contributed by atoms with van der Waals surface area (Å²) >= 11 is 0. The van der Waals surface area contributed by atoms with E-state index in [1.807, 2.05) is 36.9 Å². The second-order valence-corrected chi connectivity index (χ2v) is 14.3. The Morgan fingerprint density at radius 3 is 2.63 bits per heavy atom. The molecule has 0 amide bonds. The predicted octanol–water partition coefficient (Wildman–Crippen LogP) is 7.54. The first-order chi connectivity index (χ1) is 26.2. The van der Waals surface area contributed by atoms with Crippen molar-refractivity contribution in [3.05, 3.63) is 83.1 Å². The van der Waals surface area contributed by atoms with Crippen LogP contribution in [-0.4, -0.2) is 83.6 Å². The van der Waals surface area contributed by atoms with Gasteiger partial charge >= 0.3 is 12.2 Å². The van der Waals surface area contributed by atoms with Crippen molar-refractivity contribution in [2.45, 2.75) is 58.0 Å². The largest absolute Gasteiger partial charge is 0.513 e. The molecule has 0 bridgehead atoms. The first-order valence-corrected chi connectivity index (χ1v) is 18.4. The normalized spacial score (nSPS) is 19.8. The van der Waals surface area contributed by atoms with Gasteiger partial charge in [0.05, 0.1) is 29.7 Å². The Kier molecular flexibility index (Phi) is 9.77. The van der Waals surface area contributed by atoms with E-state index in [0.717, 1.165) is 48.7 Å². The molecule has 10 nitrogen and oxygen atoms in total. The quantitative estimate of drug-likeness (QED) is 0.0904. The molecule has 5 aromatic rings. The molecule has 0 radical (unpaired) electrons. The van der Waals surface area contributed by atoms with E-state index in [-0.39, 0.29) is 47.6 Å². The Bertz CT molecular complexity index is 2300. The molecule has 0 N–H and O–H groups in total. The van der Waals surface area contributed by atoms with Crippen LogP contribution in [0.25, 0.3) is 32.9 Å². The first-order valence-electron chi connectivity index (χ1n) is 18.4.